The van der Waals surface area contributed by atoms with Gasteiger partial charge in [0.1, 0.15) is 5.75 Å². The summed E-state index contributed by atoms with van der Waals surface area (Å²) >= 11 is 1.88. The van der Waals surface area contributed by atoms with Gasteiger partial charge in [-0.3, -0.25) is 0 Å². The number of methoxy groups -OCH3 is 1. The minimum Gasteiger partial charge on any atom is -0.496 e. The maximum absolute atomic E-state index is 11.3. The first-order valence-electron chi connectivity index (χ1n) is 10.8. The second-order valence-corrected chi connectivity index (χ2v) is 9.32. The molecule has 0 saturated heterocycles. The fourth-order valence-corrected chi connectivity index (χ4v) is 6.18. The van der Waals surface area contributed by atoms with E-state index in [2.05, 4.69) is 24.0 Å². The van der Waals surface area contributed by atoms with Gasteiger partial charge < -0.3 is 19.6 Å². The van der Waals surface area contributed by atoms with Crippen LogP contribution in [0.5, 0.6) is 5.75 Å². The summed E-state index contributed by atoms with van der Waals surface area (Å²) in [5.74, 6) is 0.284. The molecule has 1 aliphatic carbocycles. The van der Waals surface area contributed by atoms with Crippen molar-refractivity contribution >= 4 is 28.6 Å². The zero-order valence-electron chi connectivity index (χ0n) is 18.2. The lowest BCUT2D eigenvalue weighted by atomic mass is 9.81. The van der Waals surface area contributed by atoms with Gasteiger partial charge in [-0.1, -0.05) is 12.1 Å². The highest BCUT2D eigenvalue weighted by Crippen LogP contribution is 2.48. The molecule has 1 saturated carbocycles. The number of ether oxygens (including phenoxy) is 2. The van der Waals surface area contributed by atoms with Crippen molar-refractivity contribution in [2.24, 2.45) is 0 Å². The van der Waals surface area contributed by atoms with Gasteiger partial charge in [-0.15, -0.1) is 11.8 Å². The van der Waals surface area contributed by atoms with Crippen LogP contribution in [0.25, 0.3) is 10.9 Å². The molecule has 0 amide bonds. The molecule has 2 aromatic carbocycles. The standard InChI is InChI=1S/C25H29NO4S/c1-4-30-18-9-10-22(20(14-18)16-5-7-17(8-6-16)25(27)28)31-24-19-11-12-26-23(19)15(2)13-21(24)29-3/h5-8,11-13,18,20,22,26H,4,9-10,14H2,1-3H3,(H,27,28)/t18?,20-,22-/m0/s1. The Morgan fingerprint density at radius 2 is 2.00 bits per heavy atom. The normalized spacial score (nSPS) is 21.3. The van der Waals surface area contributed by atoms with Gasteiger partial charge >= 0.3 is 5.97 Å². The summed E-state index contributed by atoms with van der Waals surface area (Å²) in [4.78, 5) is 15.8. The molecule has 0 bridgehead atoms. The molecule has 3 atom stereocenters. The molecule has 164 valence electrons. The van der Waals surface area contributed by atoms with E-state index >= 15 is 0 Å². The van der Waals surface area contributed by atoms with Gasteiger partial charge in [0.05, 0.1) is 23.7 Å². The summed E-state index contributed by atoms with van der Waals surface area (Å²) in [6.45, 7) is 4.84. The third-order valence-electron chi connectivity index (χ3n) is 6.17. The van der Waals surface area contributed by atoms with Crippen LogP contribution in [0.15, 0.2) is 47.5 Å². The van der Waals surface area contributed by atoms with E-state index < -0.39 is 5.97 Å². The van der Waals surface area contributed by atoms with Gasteiger partial charge in [-0.25, -0.2) is 4.79 Å². The number of aromatic nitrogens is 1. The fourth-order valence-electron chi connectivity index (χ4n) is 4.63. The summed E-state index contributed by atoms with van der Waals surface area (Å²) in [6.07, 6.45) is 5.21. The lowest BCUT2D eigenvalue weighted by Crippen LogP contribution is -2.30. The molecule has 0 radical (unpaired) electrons. The number of hydrogen-bond donors (Lipinski definition) is 2. The highest BCUT2D eigenvalue weighted by atomic mass is 32.2. The fraction of sp³-hybridized carbons (Fsp3) is 0.400. The smallest absolute Gasteiger partial charge is 0.335 e. The molecule has 4 rings (SSSR count). The molecule has 1 unspecified atom stereocenters. The monoisotopic (exact) mass is 439 g/mol. The summed E-state index contributed by atoms with van der Waals surface area (Å²) in [6, 6.07) is 11.6. The number of nitrogens with one attached hydrogen (secondary N) is 1. The zero-order valence-corrected chi connectivity index (χ0v) is 19.0. The van der Waals surface area contributed by atoms with E-state index in [0.29, 0.717) is 17.4 Å². The van der Waals surface area contributed by atoms with Gasteiger partial charge in [0.25, 0.3) is 0 Å². The Morgan fingerprint density at radius 3 is 2.68 bits per heavy atom. The van der Waals surface area contributed by atoms with E-state index in [1.165, 1.54) is 16.5 Å². The largest absolute Gasteiger partial charge is 0.496 e. The van der Waals surface area contributed by atoms with Crippen molar-refractivity contribution < 1.29 is 19.4 Å². The van der Waals surface area contributed by atoms with Gasteiger partial charge in [-0.05, 0) is 74.4 Å². The van der Waals surface area contributed by atoms with Crippen LogP contribution in [0, 0.1) is 6.92 Å². The molecule has 1 heterocycles. The lowest BCUT2D eigenvalue weighted by molar-refractivity contribution is 0.0321. The van der Waals surface area contributed by atoms with E-state index in [-0.39, 0.29) is 12.0 Å². The second-order valence-electron chi connectivity index (χ2n) is 8.07. The number of fused-ring (bicyclic) bond motifs is 1. The number of carboxylic acids is 1. The number of aromatic carboxylic acids is 1. The average molecular weight is 440 g/mol. The average Bonchev–Trinajstić information content (AvgIpc) is 3.27. The third-order valence-corrected chi connectivity index (χ3v) is 7.70. The van der Waals surface area contributed by atoms with Crippen LogP contribution in [0.2, 0.25) is 0 Å². The van der Waals surface area contributed by atoms with Crippen LogP contribution < -0.4 is 4.74 Å². The molecule has 2 N–H and O–H groups in total. The molecule has 0 aliphatic heterocycles. The van der Waals surface area contributed by atoms with Crippen molar-refractivity contribution in [3.05, 3.63) is 59.3 Å². The summed E-state index contributed by atoms with van der Waals surface area (Å²) in [5.41, 5.74) is 3.80. The molecule has 31 heavy (non-hydrogen) atoms. The number of rotatable bonds is 7. The van der Waals surface area contributed by atoms with Crippen LogP contribution in [0.3, 0.4) is 0 Å². The van der Waals surface area contributed by atoms with Crippen LogP contribution in [0.1, 0.15) is 53.6 Å². The van der Waals surface area contributed by atoms with Crippen molar-refractivity contribution in [3.8, 4) is 5.75 Å². The predicted octanol–water partition coefficient (Wildman–Crippen LogP) is 6.02. The van der Waals surface area contributed by atoms with Crippen LogP contribution >= 0.6 is 11.8 Å². The molecule has 3 aromatic rings. The van der Waals surface area contributed by atoms with Gasteiger partial charge in [0.15, 0.2) is 0 Å². The number of thioether (sulfide) groups is 1. The number of carbonyl (C=O) groups is 1. The minimum absolute atomic E-state index is 0.234. The Labute approximate surface area is 187 Å². The second kappa shape index (κ2) is 9.37. The predicted molar refractivity (Wildman–Crippen MR) is 125 cm³/mol. The topological polar surface area (TPSA) is 71.5 Å². The van der Waals surface area contributed by atoms with Crippen LogP contribution in [-0.2, 0) is 4.74 Å². The summed E-state index contributed by atoms with van der Waals surface area (Å²) in [7, 11) is 1.73. The van der Waals surface area contributed by atoms with E-state index in [1.54, 1.807) is 19.2 Å². The SMILES string of the molecule is CCOC1CC[C@H](Sc2c(OC)cc(C)c3[nH]ccc23)[C@H](c2ccc(C(=O)O)cc2)C1. The highest BCUT2D eigenvalue weighted by molar-refractivity contribution is 8.00. The number of H-pyrrole nitrogens is 1. The molecule has 0 spiro atoms. The summed E-state index contributed by atoms with van der Waals surface area (Å²) in [5, 5.41) is 10.8. The van der Waals surface area contributed by atoms with Gasteiger partial charge in [0.2, 0.25) is 0 Å². The van der Waals surface area contributed by atoms with E-state index in [9.17, 15) is 9.90 Å². The Bertz CT molecular complexity index is 1060. The van der Waals surface area contributed by atoms with Crippen LogP contribution in [0.4, 0.5) is 0 Å². The van der Waals surface area contributed by atoms with Crippen molar-refractivity contribution in [2.75, 3.05) is 13.7 Å². The first kappa shape index (κ1) is 21.8. The molecular weight excluding hydrogens is 410 g/mol. The molecule has 6 heteroatoms. The number of aromatic amines is 1. The van der Waals surface area contributed by atoms with Crippen LogP contribution in [-0.4, -0.2) is 41.1 Å². The number of hydrogen-bond acceptors (Lipinski definition) is 4. The molecule has 1 aliphatic rings. The van der Waals surface area contributed by atoms with Crippen molar-refractivity contribution in [3.63, 3.8) is 0 Å². The molecule has 5 nitrogen and oxygen atoms in total. The third kappa shape index (κ3) is 4.46. The van der Waals surface area contributed by atoms with Gasteiger partial charge in [-0.2, -0.15) is 0 Å². The highest BCUT2D eigenvalue weighted by Gasteiger charge is 2.34. The Hall–Kier alpha value is -2.44. The minimum atomic E-state index is -0.896. The molecule has 1 fully saturated rings. The van der Waals surface area contributed by atoms with Crippen molar-refractivity contribution in [2.45, 2.75) is 55.3 Å². The zero-order chi connectivity index (χ0) is 22.0. The maximum atomic E-state index is 11.3. The summed E-state index contributed by atoms with van der Waals surface area (Å²) < 4.78 is 11.7. The quantitative estimate of drug-likeness (QED) is 0.471. The van der Waals surface area contributed by atoms with Gasteiger partial charge in [0, 0.05) is 29.0 Å². The van der Waals surface area contributed by atoms with Crippen molar-refractivity contribution in [1.82, 2.24) is 4.98 Å². The lowest BCUT2D eigenvalue weighted by Gasteiger charge is -2.36. The molecule has 1 aromatic heterocycles. The molecular formula is C25H29NO4S. The van der Waals surface area contributed by atoms with E-state index in [1.807, 2.05) is 37.0 Å². The Morgan fingerprint density at radius 1 is 1.23 bits per heavy atom. The van der Waals surface area contributed by atoms with E-state index in [4.69, 9.17) is 9.47 Å². The number of carboxylic acid groups (broad SMARTS) is 1. The first-order chi connectivity index (χ1) is 15.0. The Kier molecular flexibility index (Phi) is 6.58. The Balaban J connectivity index is 1.69. The number of benzene rings is 2. The number of aryl methyl sites for hydroxylation is 1. The maximum Gasteiger partial charge on any atom is 0.335 e. The van der Waals surface area contributed by atoms with E-state index in [0.717, 1.165) is 35.4 Å². The first-order valence-corrected chi connectivity index (χ1v) is 11.7. The van der Waals surface area contributed by atoms with Crippen molar-refractivity contribution in [1.29, 1.82) is 0 Å².